The van der Waals surface area contributed by atoms with Gasteiger partial charge in [-0.05, 0) is 19.1 Å². The molecule has 2 N–H and O–H groups in total. The number of urea groups is 1. The molecule has 0 aliphatic rings. The van der Waals surface area contributed by atoms with Crippen LogP contribution < -0.4 is 5.32 Å². The van der Waals surface area contributed by atoms with E-state index in [4.69, 9.17) is 5.11 Å². The fraction of sp³-hybridized carbons (Fsp3) is 0.625. The van der Waals surface area contributed by atoms with Crippen LogP contribution in [0.3, 0.4) is 0 Å². The van der Waals surface area contributed by atoms with Crippen molar-refractivity contribution in [3.05, 3.63) is 0 Å². The summed E-state index contributed by atoms with van der Waals surface area (Å²) in [7, 11) is 2.92. The number of nitrogens with one attached hydrogen (secondary N) is 1. The number of hydrogen-bond donors (Lipinski definition) is 2. The summed E-state index contributed by atoms with van der Waals surface area (Å²) in [6.07, 6.45) is 0. The number of rotatable bonds is 3. The maximum atomic E-state index is 11.7. The van der Waals surface area contributed by atoms with E-state index < -0.39 is 17.5 Å². The molecule has 94 valence electrons. The number of hydrogen-bond acceptors (Lipinski definition) is 5. The van der Waals surface area contributed by atoms with Gasteiger partial charge in [-0.25, -0.2) is 9.59 Å². The summed E-state index contributed by atoms with van der Waals surface area (Å²) < 4.78 is 0. The Hall–Kier alpha value is -2.19. The number of carboxylic acids is 1. The third-order valence-electron chi connectivity index (χ3n) is 2.39. The van der Waals surface area contributed by atoms with Crippen molar-refractivity contribution in [3.8, 4) is 0 Å². The van der Waals surface area contributed by atoms with Gasteiger partial charge in [-0.3, -0.25) is 5.32 Å². The minimum absolute atomic E-state index is 0.0190. The lowest BCUT2D eigenvalue weighted by Gasteiger charge is -2.30. The Morgan fingerprint density at radius 2 is 2.06 bits per heavy atom. The van der Waals surface area contributed by atoms with Crippen LogP contribution in [0.5, 0.6) is 0 Å². The van der Waals surface area contributed by atoms with Crippen LogP contribution in [0.15, 0.2) is 0 Å². The van der Waals surface area contributed by atoms with E-state index in [1.807, 2.05) is 0 Å². The van der Waals surface area contributed by atoms with Crippen molar-refractivity contribution in [2.75, 3.05) is 12.4 Å². The topological polar surface area (TPSA) is 113 Å². The molecule has 2 amide bonds. The van der Waals surface area contributed by atoms with Crippen LogP contribution in [0.25, 0.3) is 0 Å². The van der Waals surface area contributed by atoms with Gasteiger partial charge < -0.3 is 10.0 Å². The van der Waals surface area contributed by atoms with Gasteiger partial charge in [-0.1, -0.05) is 5.10 Å². The molecule has 1 aromatic heterocycles. The molecule has 0 radical (unpaired) electrons. The van der Waals surface area contributed by atoms with Crippen molar-refractivity contribution in [1.82, 2.24) is 25.1 Å². The molecule has 17 heavy (non-hydrogen) atoms. The molecule has 1 heterocycles. The van der Waals surface area contributed by atoms with Gasteiger partial charge in [0.2, 0.25) is 0 Å². The predicted molar refractivity (Wildman–Crippen MR) is 57.3 cm³/mol. The van der Waals surface area contributed by atoms with E-state index in [-0.39, 0.29) is 5.95 Å². The fourth-order valence-corrected chi connectivity index (χ4v) is 0.911. The normalized spacial score (nSPS) is 11.1. The van der Waals surface area contributed by atoms with Gasteiger partial charge in [0.05, 0.1) is 7.05 Å². The molecular weight excluding hydrogens is 228 g/mol. The molecule has 1 aromatic rings. The molecule has 0 fully saturated rings. The summed E-state index contributed by atoms with van der Waals surface area (Å²) in [5, 5.41) is 22.1. The summed E-state index contributed by atoms with van der Waals surface area (Å²) in [6.45, 7) is 2.83. The summed E-state index contributed by atoms with van der Waals surface area (Å²) in [4.78, 5) is 24.9. The number of aryl methyl sites for hydroxylation is 1. The summed E-state index contributed by atoms with van der Waals surface area (Å²) in [6, 6.07) is -0.620. The SMILES string of the molecule is CN(C(=O)Nc1nnn(C)n1)C(C)(C)C(=O)O. The first-order valence-corrected chi connectivity index (χ1v) is 4.77. The predicted octanol–water partition coefficient (Wildman–Crippen LogP) is -0.463. The minimum Gasteiger partial charge on any atom is -0.480 e. The average Bonchev–Trinajstić information content (AvgIpc) is 2.62. The van der Waals surface area contributed by atoms with E-state index in [1.165, 1.54) is 25.7 Å². The molecule has 0 aliphatic heterocycles. The third kappa shape index (κ3) is 2.68. The molecule has 0 unspecified atom stereocenters. The van der Waals surface area contributed by atoms with Gasteiger partial charge in [-0.2, -0.15) is 4.80 Å². The van der Waals surface area contributed by atoms with Gasteiger partial charge in [0.15, 0.2) is 0 Å². The highest BCUT2D eigenvalue weighted by Gasteiger charge is 2.35. The van der Waals surface area contributed by atoms with E-state index >= 15 is 0 Å². The molecule has 0 saturated carbocycles. The Morgan fingerprint density at radius 3 is 2.47 bits per heavy atom. The largest absolute Gasteiger partial charge is 0.480 e. The van der Waals surface area contributed by atoms with Crippen LogP contribution >= 0.6 is 0 Å². The van der Waals surface area contributed by atoms with E-state index in [0.717, 1.165) is 4.90 Å². The third-order valence-corrected chi connectivity index (χ3v) is 2.39. The van der Waals surface area contributed by atoms with Gasteiger partial charge in [0, 0.05) is 7.05 Å². The zero-order valence-electron chi connectivity index (χ0n) is 10.00. The van der Waals surface area contributed by atoms with Crippen LogP contribution in [0.2, 0.25) is 0 Å². The van der Waals surface area contributed by atoms with Crippen molar-refractivity contribution < 1.29 is 14.7 Å². The van der Waals surface area contributed by atoms with Crippen molar-refractivity contribution in [2.24, 2.45) is 7.05 Å². The summed E-state index contributed by atoms with van der Waals surface area (Å²) in [5.74, 6) is -1.09. The second kappa shape index (κ2) is 4.36. The number of anilines is 1. The Morgan fingerprint density at radius 1 is 1.47 bits per heavy atom. The number of aliphatic carboxylic acids is 1. The first-order chi connectivity index (χ1) is 7.75. The number of nitrogens with zero attached hydrogens (tertiary/aromatic N) is 5. The van der Waals surface area contributed by atoms with Crippen molar-refractivity contribution in [2.45, 2.75) is 19.4 Å². The van der Waals surface area contributed by atoms with E-state index in [1.54, 1.807) is 7.05 Å². The molecule has 0 bridgehead atoms. The number of carbonyl (C=O) groups excluding carboxylic acids is 1. The van der Waals surface area contributed by atoms with Crippen molar-refractivity contribution in [1.29, 1.82) is 0 Å². The Kier molecular flexibility index (Phi) is 3.30. The molecule has 0 aliphatic carbocycles. The smallest absolute Gasteiger partial charge is 0.329 e. The molecule has 1 rings (SSSR count). The average molecular weight is 242 g/mol. The molecule has 0 atom stereocenters. The first kappa shape index (κ1) is 12.9. The standard InChI is InChI=1S/C8H14N6O3/c1-8(2,5(15)16)13(3)7(17)9-6-10-12-14(4)11-6/h1-4H3,(H,15,16)(H,9,11,17). The van der Waals surface area contributed by atoms with Crippen molar-refractivity contribution >= 4 is 17.9 Å². The first-order valence-electron chi connectivity index (χ1n) is 4.77. The summed E-state index contributed by atoms with van der Waals surface area (Å²) in [5.41, 5.74) is -1.33. The lowest BCUT2D eigenvalue weighted by molar-refractivity contribution is -0.146. The number of aromatic nitrogens is 4. The Bertz CT molecular complexity index is 440. The zero-order chi connectivity index (χ0) is 13.2. The number of carbonyl (C=O) groups is 2. The van der Waals surface area contributed by atoms with E-state index in [2.05, 4.69) is 20.7 Å². The molecule has 0 saturated heterocycles. The Balaban J connectivity index is 2.74. The van der Waals surface area contributed by atoms with Crippen LogP contribution in [-0.4, -0.2) is 54.8 Å². The minimum atomic E-state index is -1.33. The van der Waals surface area contributed by atoms with Gasteiger partial charge in [0.1, 0.15) is 5.54 Å². The summed E-state index contributed by atoms with van der Waals surface area (Å²) >= 11 is 0. The number of tetrazole rings is 1. The number of carboxylic acid groups (broad SMARTS) is 1. The molecule has 0 spiro atoms. The highest BCUT2D eigenvalue weighted by Crippen LogP contribution is 2.13. The number of amides is 2. The highest BCUT2D eigenvalue weighted by atomic mass is 16.4. The maximum absolute atomic E-state index is 11.7. The van der Waals surface area contributed by atoms with Gasteiger partial charge >= 0.3 is 12.0 Å². The van der Waals surface area contributed by atoms with Gasteiger partial charge in [0.25, 0.3) is 5.95 Å². The van der Waals surface area contributed by atoms with Crippen LogP contribution in [0.4, 0.5) is 10.7 Å². The monoisotopic (exact) mass is 242 g/mol. The second-order valence-electron chi connectivity index (χ2n) is 3.96. The van der Waals surface area contributed by atoms with Crippen molar-refractivity contribution in [3.63, 3.8) is 0 Å². The van der Waals surface area contributed by atoms with E-state index in [9.17, 15) is 9.59 Å². The maximum Gasteiger partial charge on any atom is 0.329 e. The fourth-order valence-electron chi connectivity index (χ4n) is 0.911. The lowest BCUT2D eigenvalue weighted by atomic mass is 10.1. The van der Waals surface area contributed by atoms with Crippen LogP contribution in [0, 0.1) is 0 Å². The van der Waals surface area contributed by atoms with Gasteiger partial charge in [-0.15, -0.1) is 5.10 Å². The van der Waals surface area contributed by atoms with E-state index in [0.29, 0.717) is 0 Å². The zero-order valence-corrected chi connectivity index (χ0v) is 10.00. The quantitative estimate of drug-likeness (QED) is 0.741. The molecular formula is C8H14N6O3. The molecule has 9 nitrogen and oxygen atoms in total. The lowest BCUT2D eigenvalue weighted by Crippen LogP contribution is -2.52. The molecule has 0 aromatic carbocycles. The van der Waals surface area contributed by atoms with Crippen LogP contribution in [0.1, 0.15) is 13.8 Å². The molecule has 9 heteroatoms. The second-order valence-corrected chi connectivity index (χ2v) is 3.96. The Labute approximate surface area is 97.4 Å². The van der Waals surface area contributed by atoms with Crippen LogP contribution in [-0.2, 0) is 11.8 Å². The number of likely N-dealkylation sites (N-methyl/N-ethyl adjacent to an activating group) is 1. The highest BCUT2D eigenvalue weighted by molar-refractivity contribution is 5.92.